The molecule has 1 fully saturated rings. The van der Waals surface area contributed by atoms with Crippen molar-refractivity contribution in [3.05, 3.63) is 66.2 Å². The molecule has 2 aromatic carbocycles. The van der Waals surface area contributed by atoms with Crippen molar-refractivity contribution in [2.24, 2.45) is 0 Å². The zero-order chi connectivity index (χ0) is 30.0. The molecule has 2 aromatic rings. The monoisotopic (exact) mass is 648 g/mol. The number of carbonyl (C=O) groups is 5. The molecule has 1 unspecified atom stereocenters. The fraction of sp³-hybridized carbons (Fsp3) is 0.320. The van der Waals surface area contributed by atoms with Crippen molar-refractivity contribution in [3.8, 4) is 5.75 Å². The summed E-state index contributed by atoms with van der Waals surface area (Å²) in [5.74, 6) is -2.34. The number of nitrogens with zero attached hydrogens (tertiary/aromatic N) is 1. The molecule has 1 saturated heterocycles. The summed E-state index contributed by atoms with van der Waals surface area (Å²) in [6.07, 6.45) is -3.40. The highest BCUT2D eigenvalue weighted by atomic mass is 35.6. The summed E-state index contributed by atoms with van der Waals surface area (Å²) < 4.78 is 17.8. The molecular weight excluding hydrogens is 627 g/mol. The van der Waals surface area contributed by atoms with Gasteiger partial charge in [0, 0.05) is 0 Å². The van der Waals surface area contributed by atoms with E-state index < -0.39 is 70.3 Å². The van der Waals surface area contributed by atoms with Gasteiger partial charge in [-0.3, -0.25) is 19.3 Å². The number of amides is 2. The minimum atomic E-state index is -2.10. The normalized spacial score (nSPS) is 17.1. The van der Waals surface area contributed by atoms with E-state index in [1.807, 2.05) is 0 Å². The molecular formula is C25H23Cl3N2O10S. The van der Waals surface area contributed by atoms with Gasteiger partial charge in [0.15, 0.2) is 13.2 Å². The highest BCUT2D eigenvalue weighted by molar-refractivity contribution is 8.14. The van der Waals surface area contributed by atoms with E-state index >= 15 is 0 Å². The molecule has 1 heterocycles. The number of halogens is 3. The van der Waals surface area contributed by atoms with Crippen molar-refractivity contribution in [2.45, 2.75) is 28.0 Å². The van der Waals surface area contributed by atoms with Gasteiger partial charge >= 0.3 is 12.1 Å². The van der Waals surface area contributed by atoms with E-state index in [0.29, 0.717) is 28.0 Å². The van der Waals surface area contributed by atoms with Crippen LogP contribution in [-0.4, -0.2) is 80.3 Å². The highest BCUT2D eigenvalue weighted by Gasteiger charge is 2.54. The predicted molar refractivity (Wildman–Crippen MR) is 147 cm³/mol. The van der Waals surface area contributed by atoms with Crippen LogP contribution in [0.3, 0.4) is 0 Å². The standard InChI is InChI=1S/C25H23Cl3N2O10S/c26-25(27,28)14-40-24(36)39-13-18(32)41-22-19(29-17(31)12-37-16-9-5-2-6-10-16)20(33)30(22)21(34)23(35)38-11-15-7-3-1-4-8-15/h1-10,19,21-22,34H,11-14H2,(H,29,31)/t19-,21?,22-/m1/s1. The van der Waals surface area contributed by atoms with Gasteiger partial charge in [-0.25, -0.2) is 9.59 Å². The number of para-hydroxylation sites is 1. The largest absolute Gasteiger partial charge is 0.508 e. The Kier molecular flexibility index (Phi) is 11.9. The van der Waals surface area contributed by atoms with Crippen molar-refractivity contribution >= 4 is 75.6 Å². The molecule has 2 N–H and O–H groups in total. The summed E-state index contributed by atoms with van der Waals surface area (Å²) in [5.41, 5.74) is 0.631. The number of alkyl halides is 3. The van der Waals surface area contributed by atoms with Crippen LogP contribution in [0.15, 0.2) is 60.7 Å². The van der Waals surface area contributed by atoms with Gasteiger partial charge < -0.3 is 29.4 Å². The molecule has 41 heavy (non-hydrogen) atoms. The third-order valence-electron chi connectivity index (χ3n) is 5.12. The Balaban J connectivity index is 1.61. The van der Waals surface area contributed by atoms with Crippen molar-refractivity contribution < 1.29 is 48.0 Å². The molecule has 0 aromatic heterocycles. The van der Waals surface area contributed by atoms with Crippen LogP contribution in [0, 0.1) is 0 Å². The quantitative estimate of drug-likeness (QED) is 0.198. The Morgan fingerprint density at radius 2 is 1.59 bits per heavy atom. The van der Waals surface area contributed by atoms with Gasteiger partial charge in [0.1, 0.15) is 30.4 Å². The Morgan fingerprint density at radius 3 is 2.22 bits per heavy atom. The molecule has 12 nitrogen and oxygen atoms in total. The summed E-state index contributed by atoms with van der Waals surface area (Å²) in [6.45, 7) is -2.12. The lowest BCUT2D eigenvalue weighted by molar-refractivity contribution is -0.183. The number of likely N-dealkylation sites (tertiary alicyclic amines) is 1. The van der Waals surface area contributed by atoms with Crippen LogP contribution in [0.1, 0.15) is 5.56 Å². The highest BCUT2D eigenvalue weighted by Crippen LogP contribution is 2.33. The number of benzene rings is 2. The first-order chi connectivity index (χ1) is 19.4. The zero-order valence-electron chi connectivity index (χ0n) is 20.9. The van der Waals surface area contributed by atoms with Crippen molar-refractivity contribution in [2.75, 3.05) is 19.8 Å². The van der Waals surface area contributed by atoms with Crippen LogP contribution >= 0.6 is 46.6 Å². The number of hydrogen-bond donors (Lipinski definition) is 2. The number of aliphatic hydroxyl groups is 1. The lowest BCUT2D eigenvalue weighted by Gasteiger charge is -2.47. The van der Waals surface area contributed by atoms with Crippen molar-refractivity contribution in [3.63, 3.8) is 0 Å². The van der Waals surface area contributed by atoms with Crippen LogP contribution < -0.4 is 10.1 Å². The first-order valence-electron chi connectivity index (χ1n) is 11.7. The van der Waals surface area contributed by atoms with E-state index in [2.05, 4.69) is 14.8 Å². The maximum absolute atomic E-state index is 12.9. The molecule has 3 atom stereocenters. The summed E-state index contributed by atoms with van der Waals surface area (Å²) >= 11 is 16.9. The van der Waals surface area contributed by atoms with E-state index in [9.17, 15) is 29.1 Å². The van der Waals surface area contributed by atoms with E-state index in [-0.39, 0.29) is 6.61 Å². The van der Waals surface area contributed by atoms with E-state index in [0.717, 1.165) is 0 Å². The fourth-order valence-corrected chi connectivity index (χ4v) is 4.48. The van der Waals surface area contributed by atoms with Crippen LogP contribution in [0.2, 0.25) is 0 Å². The number of nitrogens with one attached hydrogen (secondary N) is 1. The molecule has 2 amide bonds. The lowest BCUT2D eigenvalue weighted by Crippen LogP contribution is -2.73. The number of esters is 1. The molecule has 0 radical (unpaired) electrons. The molecule has 16 heteroatoms. The minimum Gasteiger partial charge on any atom is -0.484 e. The second-order valence-corrected chi connectivity index (χ2v) is 11.9. The van der Waals surface area contributed by atoms with Crippen LogP contribution in [0.4, 0.5) is 4.79 Å². The Morgan fingerprint density at radius 1 is 0.951 bits per heavy atom. The van der Waals surface area contributed by atoms with Gasteiger partial charge in [-0.05, 0) is 17.7 Å². The van der Waals surface area contributed by atoms with Gasteiger partial charge in [0.2, 0.25) is 15.1 Å². The van der Waals surface area contributed by atoms with Gasteiger partial charge in [0.05, 0.1) is 0 Å². The van der Waals surface area contributed by atoms with Gasteiger partial charge in [0.25, 0.3) is 11.8 Å². The summed E-state index contributed by atoms with van der Waals surface area (Å²) in [6, 6.07) is 15.7. The van der Waals surface area contributed by atoms with Gasteiger partial charge in [-0.2, -0.15) is 0 Å². The number of rotatable bonds is 12. The molecule has 0 aliphatic carbocycles. The third-order valence-corrected chi connectivity index (χ3v) is 6.57. The Bertz CT molecular complexity index is 1230. The number of β-lactam (4-membered cyclic amide) rings is 1. The number of aliphatic hydroxyl groups excluding tert-OH is 1. The maximum atomic E-state index is 12.9. The first-order valence-corrected chi connectivity index (χ1v) is 13.7. The zero-order valence-corrected chi connectivity index (χ0v) is 24.0. The molecule has 0 saturated carbocycles. The molecule has 0 spiro atoms. The topological polar surface area (TPSA) is 158 Å². The fourth-order valence-electron chi connectivity index (χ4n) is 3.27. The van der Waals surface area contributed by atoms with E-state index in [1.165, 1.54) is 0 Å². The van der Waals surface area contributed by atoms with Crippen molar-refractivity contribution in [1.82, 2.24) is 10.2 Å². The summed E-state index contributed by atoms with van der Waals surface area (Å²) in [5, 5.41) is 10.9. The molecule has 1 aliphatic rings. The number of carbonyl (C=O) groups excluding carboxylic acids is 5. The SMILES string of the molecule is O=C(COc1ccccc1)N[C@@H]1C(=O)N(C(O)C(=O)OCc2ccccc2)[C@@H]1SC(=O)COC(=O)OCC(Cl)(Cl)Cl. The molecule has 3 rings (SSSR count). The molecule has 0 bridgehead atoms. The first kappa shape index (κ1) is 32.3. The number of hydrogen-bond acceptors (Lipinski definition) is 11. The average molecular weight is 650 g/mol. The maximum Gasteiger partial charge on any atom is 0.508 e. The smallest absolute Gasteiger partial charge is 0.484 e. The summed E-state index contributed by atoms with van der Waals surface area (Å²) in [4.78, 5) is 62.7. The number of ether oxygens (including phenoxy) is 4. The predicted octanol–water partition coefficient (Wildman–Crippen LogP) is 2.56. The third kappa shape index (κ3) is 10.3. The molecule has 220 valence electrons. The van der Waals surface area contributed by atoms with E-state index in [1.54, 1.807) is 60.7 Å². The molecule has 1 aliphatic heterocycles. The van der Waals surface area contributed by atoms with Crippen molar-refractivity contribution in [1.29, 1.82) is 0 Å². The summed E-state index contributed by atoms with van der Waals surface area (Å²) in [7, 11) is 0. The van der Waals surface area contributed by atoms with Crippen LogP contribution in [0.25, 0.3) is 0 Å². The lowest BCUT2D eigenvalue weighted by atomic mass is 10.1. The van der Waals surface area contributed by atoms with E-state index in [4.69, 9.17) is 44.3 Å². The average Bonchev–Trinajstić information content (AvgIpc) is 2.95. The second-order valence-electron chi connectivity index (χ2n) is 8.18. The van der Waals surface area contributed by atoms with Crippen LogP contribution in [-0.2, 0) is 40.0 Å². The Hall–Kier alpha value is -3.23. The Labute approximate surface area is 253 Å². The van der Waals surface area contributed by atoms with Gasteiger partial charge in [-0.15, -0.1) is 0 Å². The van der Waals surface area contributed by atoms with Gasteiger partial charge in [-0.1, -0.05) is 95.1 Å². The minimum absolute atomic E-state index is 0.184. The van der Waals surface area contributed by atoms with Crippen LogP contribution in [0.5, 0.6) is 5.75 Å². The second kappa shape index (κ2) is 15.1. The number of thioether (sulfide) groups is 1.